The van der Waals surface area contributed by atoms with Crippen molar-refractivity contribution in [2.45, 2.75) is 44.7 Å². The quantitative estimate of drug-likeness (QED) is 0.741. The fourth-order valence-corrected chi connectivity index (χ4v) is 3.91. The second kappa shape index (κ2) is 6.04. The van der Waals surface area contributed by atoms with Gasteiger partial charge in [-0.3, -0.25) is 0 Å². The van der Waals surface area contributed by atoms with Crippen LogP contribution in [-0.4, -0.2) is 22.9 Å². The third-order valence-electron chi connectivity index (χ3n) is 5.06. The number of halogens is 4. The highest BCUT2D eigenvalue weighted by molar-refractivity contribution is 5.64. The summed E-state index contributed by atoms with van der Waals surface area (Å²) in [6.45, 7) is 1.57. The molecule has 1 saturated heterocycles. The standard InChI is InChI=1S/C18H19F4N3/c19-12-7-8-15(16(11-12)24-9-3-4-10-24)25-14-6-2-1-5-13(14)17(23-25)18(20,21)22/h7-8,11H,1-6,9-10H2. The number of alkyl halides is 3. The summed E-state index contributed by atoms with van der Waals surface area (Å²) in [7, 11) is 0. The van der Waals surface area contributed by atoms with Crippen LogP contribution in [0.4, 0.5) is 23.2 Å². The first-order chi connectivity index (χ1) is 11.9. The van der Waals surface area contributed by atoms with Crippen LogP contribution in [0.2, 0.25) is 0 Å². The van der Waals surface area contributed by atoms with Crippen LogP contribution in [0.5, 0.6) is 0 Å². The number of fused-ring (bicyclic) bond motifs is 1. The molecule has 0 bridgehead atoms. The molecule has 25 heavy (non-hydrogen) atoms. The summed E-state index contributed by atoms with van der Waals surface area (Å²) >= 11 is 0. The molecule has 1 aliphatic carbocycles. The van der Waals surface area contributed by atoms with Crippen LogP contribution < -0.4 is 4.90 Å². The van der Waals surface area contributed by atoms with Crippen molar-refractivity contribution in [3.05, 3.63) is 41.0 Å². The Morgan fingerprint density at radius 1 is 0.920 bits per heavy atom. The molecule has 2 aliphatic rings. The molecule has 0 N–H and O–H groups in total. The van der Waals surface area contributed by atoms with Gasteiger partial charge >= 0.3 is 6.18 Å². The van der Waals surface area contributed by atoms with Gasteiger partial charge in [0.25, 0.3) is 0 Å². The second-order valence-corrected chi connectivity index (χ2v) is 6.72. The minimum Gasteiger partial charge on any atom is -0.370 e. The number of aromatic nitrogens is 2. The first-order valence-corrected chi connectivity index (χ1v) is 8.68. The molecule has 3 nitrogen and oxygen atoms in total. The number of nitrogens with zero attached hydrogens (tertiary/aromatic N) is 3. The predicted octanol–water partition coefficient (Wildman–Crippen LogP) is 4.51. The molecule has 2 heterocycles. The monoisotopic (exact) mass is 353 g/mol. The van der Waals surface area contributed by atoms with E-state index in [-0.39, 0.29) is 5.82 Å². The maximum Gasteiger partial charge on any atom is 0.435 e. The van der Waals surface area contributed by atoms with Crippen LogP contribution >= 0.6 is 0 Å². The first kappa shape index (κ1) is 16.4. The van der Waals surface area contributed by atoms with Gasteiger partial charge in [0.05, 0.1) is 11.4 Å². The van der Waals surface area contributed by atoms with Gasteiger partial charge in [-0.25, -0.2) is 9.07 Å². The van der Waals surface area contributed by atoms with Gasteiger partial charge in [0.1, 0.15) is 5.82 Å². The van der Waals surface area contributed by atoms with Crippen LogP contribution in [0.1, 0.15) is 42.6 Å². The molecule has 0 atom stereocenters. The van der Waals surface area contributed by atoms with Gasteiger partial charge in [-0.1, -0.05) is 0 Å². The molecule has 1 fully saturated rings. The lowest BCUT2D eigenvalue weighted by atomic mass is 9.95. The molecular weight excluding hydrogens is 334 g/mol. The number of anilines is 1. The third-order valence-corrected chi connectivity index (χ3v) is 5.06. The predicted molar refractivity (Wildman–Crippen MR) is 86.6 cm³/mol. The molecule has 4 rings (SSSR count). The van der Waals surface area contributed by atoms with Crippen molar-refractivity contribution in [1.82, 2.24) is 9.78 Å². The summed E-state index contributed by atoms with van der Waals surface area (Å²) in [6.07, 6.45) is 0.0719. The fraction of sp³-hybridized carbons (Fsp3) is 0.500. The van der Waals surface area contributed by atoms with Crippen molar-refractivity contribution in [2.75, 3.05) is 18.0 Å². The largest absolute Gasteiger partial charge is 0.435 e. The van der Waals surface area contributed by atoms with Crippen LogP contribution in [0.15, 0.2) is 18.2 Å². The maximum atomic E-state index is 13.8. The average molecular weight is 353 g/mol. The Hall–Kier alpha value is -2.05. The van der Waals surface area contributed by atoms with Gasteiger partial charge in [0, 0.05) is 24.3 Å². The van der Waals surface area contributed by atoms with Crippen LogP contribution in [0.25, 0.3) is 5.69 Å². The Bertz CT molecular complexity index is 788. The second-order valence-electron chi connectivity index (χ2n) is 6.72. The molecule has 134 valence electrons. The van der Waals surface area contributed by atoms with E-state index in [2.05, 4.69) is 5.10 Å². The summed E-state index contributed by atoms with van der Waals surface area (Å²) in [5, 5.41) is 3.94. The zero-order valence-electron chi connectivity index (χ0n) is 13.7. The molecule has 7 heteroatoms. The third kappa shape index (κ3) is 2.89. The average Bonchev–Trinajstić information content (AvgIpc) is 3.22. The lowest BCUT2D eigenvalue weighted by Crippen LogP contribution is -2.21. The van der Waals surface area contributed by atoms with Crippen molar-refractivity contribution in [2.24, 2.45) is 0 Å². The van der Waals surface area contributed by atoms with Gasteiger partial charge < -0.3 is 4.90 Å². The molecule has 0 saturated carbocycles. The van der Waals surface area contributed by atoms with Crippen molar-refractivity contribution >= 4 is 5.69 Å². The maximum absolute atomic E-state index is 13.8. The van der Waals surface area contributed by atoms with Crippen molar-refractivity contribution in [3.8, 4) is 5.69 Å². The Kier molecular flexibility index (Phi) is 3.96. The highest BCUT2D eigenvalue weighted by Crippen LogP contribution is 2.38. The lowest BCUT2D eigenvalue weighted by Gasteiger charge is -2.23. The Labute approximate surface area is 143 Å². The highest BCUT2D eigenvalue weighted by Gasteiger charge is 2.40. The Morgan fingerprint density at radius 3 is 2.36 bits per heavy atom. The molecule has 0 amide bonds. The van der Waals surface area contributed by atoms with Gasteiger partial charge in [0.15, 0.2) is 5.69 Å². The highest BCUT2D eigenvalue weighted by atomic mass is 19.4. The number of rotatable bonds is 2. The van der Waals surface area contributed by atoms with Gasteiger partial charge in [-0.15, -0.1) is 0 Å². The van der Waals surface area contributed by atoms with Gasteiger partial charge in [-0.05, 0) is 56.7 Å². The number of hydrogen-bond acceptors (Lipinski definition) is 2. The minimum atomic E-state index is -4.47. The van der Waals surface area contributed by atoms with Crippen molar-refractivity contribution in [1.29, 1.82) is 0 Å². The number of benzene rings is 1. The summed E-state index contributed by atoms with van der Waals surface area (Å²) < 4.78 is 55.5. The van der Waals surface area contributed by atoms with E-state index in [1.807, 2.05) is 4.90 Å². The molecule has 1 aromatic heterocycles. The smallest absolute Gasteiger partial charge is 0.370 e. The molecule has 2 aromatic rings. The first-order valence-electron chi connectivity index (χ1n) is 8.68. The summed E-state index contributed by atoms with van der Waals surface area (Å²) in [4.78, 5) is 2.03. The van der Waals surface area contributed by atoms with Gasteiger partial charge in [-0.2, -0.15) is 18.3 Å². The van der Waals surface area contributed by atoms with Crippen molar-refractivity contribution in [3.63, 3.8) is 0 Å². The molecular formula is C18H19F4N3. The van der Waals surface area contributed by atoms with E-state index in [9.17, 15) is 17.6 Å². The van der Waals surface area contributed by atoms with E-state index in [0.717, 1.165) is 38.8 Å². The molecule has 1 aliphatic heterocycles. The van der Waals surface area contributed by atoms with E-state index in [1.165, 1.54) is 16.8 Å². The van der Waals surface area contributed by atoms with Crippen molar-refractivity contribution < 1.29 is 17.6 Å². The normalized spacial score (nSPS) is 17.8. The molecule has 0 radical (unpaired) electrons. The van der Waals surface area contributed by atoms with E-state index in [4.69, 9.17) is 0 Å². The summed E-state index contributed by atoms with van der Waals surface area (Å²) in [6, 6.07) is 4.24. The minimum absolute atomic E-state index is 0.301. The van der Waals surface area contributed by atoms with Crippen LogP contribution in [0.3, 0.4) is 0 Å². The molecule has 0 unspecified atom stereocenters. The van der Waals surface area contributed by atoms with E-state index >= 15 is 0 Å². The van der Waals surface area contributed by atoms with E-state index in [0.29, 0.717) is 35.5 Å². The zero-order chi connectivity index (χ0) is 17.6. The van der Waals surface area contributed by atoms with Crippen LogP contribution in [-0.2, 0) is 19.0 Å². The van der Waals surface area contributed by atoms with Crippen LogP contribution in [0, 0.1) is 5.82 Å². The zero-order valence-corrected chi connectivity index (χ0v) is 13.7. The molecule has 1 aromatic carbocycles. The Balaban J connectivity index is 1.89. The SMILES string of the molecule is Fc1ccc(-n2nc(C(F)(F)F)c3c2CCCC3)c(N2CCCC2)c1. The lowest BCUT2D eigenvalue weighted by molar-refractivity contribution is -0.142. The van der Waals surface area contributed by atoms with E-state index in [1.54, 1.807) is 6.07 Å². The molecule has 0 spiro atoms. The van der Waals surface area contributed by atoms with E-state index < -0.39 is 11.9 Å². The summed E-state index contributed by atoms with van der Waals surface area (Å²) in [5.74, 6) is -0.386. The number of hydrogen-bond donors (Lipinski definition) is 0. The summed E-state index contributed by atoms with van der Waals surface area (Å²) in [5.41, 5.74) is 1.29. The Morgan fingerprint density at radius 2 is 1.64 bits per heavy atom. The fourth-order valence-electron chi connectivity index (χ4n) is 3.91. The van der Waals surface area contributed by atoms with Gasteiger partial charge in [0.2, 0.25) is 0 Å². The topological polar surface area (TPSA) is 21.1 Å².